The number of hydrogen-bond donors (Lipinski definition) is 2. The van der Waals surface area contributed by atoms with E-state index in [0.717, 1.165) is 19.3 Å². The molecule has 1 atom stereocenters. The minimum absolute atomic E-state index is 0.0564. The molecule has 4 heteroatoms. The van der Waals surface area contributed by atoms with E-state index in [4.69, 9.17) is 0 Å². The van der Waals surface area contributed by atoms with E-state index in [1.165, 1.54) is 12.8 Å². The van der Waals surface area contributed by atoms with E-state index < -0.39 is 11.1 Å². The zero-order chi connectivity index (χ0) is 28.8. The van der Waals surface area contributed by atoms with Crippen LogP contribution in [0.3, 0.4) is 0 Å². The van der Waals surface area contributed by atoms with Crippen LogP contribution in [0.2, 0.25) is 0 Å². The summed E-state index contributed by atoms with van der Waals surface area (Å²) >= 11 is 0. The van der Waals surface area contributed by atoms with Gasteiger partial charge in [0.05, 0.1) is 0 Å². The molecule has 0 fully saturated rings. The van der Waals surface area contributed by atoms with Crippen LogP contribution < -0.4 is 10.6 Å². The molecular weight excluding hydrogens is 444 g/mol. The average Bonchev–Trinajstić information content (AvgIpc) is 2.56. The van der Waals surface area contributed by atoms with Crippen molar-refractivity contribution in [2.45, 2.75) is 166 Å². The molecule has 4 nitrogen and oxygen atoms in total. The number of nitrogens with one attached hydrogen (secondary N) is 2. The molecule has 36 heavy (non-hydrogen) atoms. The van der Waals surface area contributed by atoms with Crippen LogP contribution in [0.25, 0.3) is 0 Å². The Kier molecular flexibility index (Phi) is 12.3. The van der Waals surface area contributed by atoms with Crippen LogP contribution in [-0.4, -0.2) is 22.9 Å². The molecule has 0 spiro atoms. The van der Waals surface area contributed by atoms with Gasteiger partial charge in [0.2, 0.25) is 11.8 Å². The van der Waals surface area contributed by atoms with Gasteiger partial charge in [0, 0.05) is 23.9 Å². The van der Waals surface area contributed by atoms with Crippen LogP contribution in [-0.2, 0) is 9.59 Å². The SMILES string of the molecule is CCCC(C)(CC)CC(C)(C)CC(=O)NC(C)(C)CC(C)(C)NC(=O)CC(C)(C)CC(C)(C)C(C)C. The predicted octanol–water partition coefficient (Wildman–Crippen LogP) is 8.68. The molecule has 0 aliphatic heterocycles. The molecule has 0 bridgehead atoms. The fourth-order valence-electron chi connectivity index (χ4n) is 6.62. The lowest BCUT2D eigenvalue weighted by Crippen LogP contribution is -2.54. The minimum atomic E-state index is -0.422. The fraction of sp³-hybridized carbons (Fsp3) is 0.938. The van der Waals surface area contributed by atoms with Crippen molar-refractivity contribution in [3.05, 3.63) is 0 Å². The molecule has 0 aromatic rings. The third kappa shape index (κ3) is 13.5. The number of carbonyl (C=O) groups is 2. The summed E-state index contributed by atoms with van der Waals surface area (Å²) in [5, 5.41) is 6.55. The summed E-state index contributed by atoms with van der Waals surface area (Å²) in [7, 11) is 0. The highest BCUT2D eigenvalue weighted by atomic mass is 16.2. The Balaban J connectivity index is 5.08. The van der Waals surface area contributed by atoms with Gasteiger partial charge in [-0.3, -0.25) is 9.59 Å². The highest BCUT2D eigenvalue weighted by Crippen LogP contribution is 2.42. The third-order valence-electron chi connectivity index (χ3n) is 8.23. The van der Waals surface area contributed by atoms with E-state index in [2.05, 4.69) is 114 Å². The van der Waals surface area contributed by atoms with Crippen molar-refractivity contribution >= 4 is 11.8 Å². The first-order valence-corrected chi connectivity index (χ1v) is 14.5. The number of hydrogen-bond acceptors (Lipinski definition) is 2. The average molecular weight is 509 g/mol. The summed E-state index contributed by atoms with van der Waals surface area (Å²) < 4.78 is 0. The largest absolute Gasteiger partial charge is 0.351 e. The van der Waals surface area contributed by atoms with Gasteiger partial charge >= 0.3 is 0 Å². The normalized spacial score (nSPS) is 15.6. The lowest BCUT2D eigenvalue weighted by atomic mass is 9.68. The van der Waals surface area contributed by atoms with Crippen molar-refractivity contribution in [2.24, 2.45) is 27.6 Å². The lowest BCUT2D eigenvalue weighted by Gasteiger charge is -2.40. The monoisotopic (exact) mass is 508 g/mol. The van der Waals surface area contributed by atoms with Gasteiger partial charge in [-0.1, -0.05) is 89.0 Å². The molecule has 0 aromatic carbocycles. The van der Waals surface area contributed by atoms with E-state index in [-0.39, 0.29) is 33.5 Å². The van der Waals surface area contributed by atoms with Crippen LogP contribution in [0.1, 0.15) is 155 Å². The summed E-state index contributed by atoms with van der Waals surface area (Å²) in [4.78, 5) is 26.1. The number of rotatable bonds is 16. The van der Waals surface area contributed by atoms with Crippen molar-refractivity contribution < 1.29 is 9.59 Å². The predicted molar refractivity (Wildman–Crippen MR) is 157 cm³/mol. The fourth-order valence-corrected chi connectivity index (χ4v) is 6.62. The lowest BCUT2D eigenvalue weighted by molar-refractivity contribution is -0.125. The second-order valence-electron chi connectivity index (χ2n) is 16.1. The second-order valence-corrected chi connectivity index (χ2v) is 16.1. The molecule has 0 heterocycles. The van der Waals surface area contributed by atoms with Crippen LogP contribution >= 0.6 is 0 Å². The maximum atomic E-state index is 13.1. The third-order valence-corrected chi connectivity index (χ3v) is 8.23. The van der Waals surface area contributed by atoms with E-state index in [1.54, 1.807) is 0 Å². The maximum Gasteiger partial charge on any atom is 0.220 e. The smallest absolute Gasteiger partial charge is 0.220 e. The molecule has 0 saturated carbocycles. The molecule has 0 aliphatic carbocycles. The first-order valence-electron chi connectivity index (χ1n) is 14.5. The molecular formula is C32H64N2O2. The van der Waals surface area contributed by atoms with Crippen molar-refractivity contribution in [1.29, 1.82) is 0 Å². The van der Waals surface area contributed by atoms with Crippen LogP contribution in [0.4, 0.5) is 0 Å². The second kappa shape index (κ2) is 12.7. The molecule has 0 radical (unpaired) electrons. The minimum Gasteiger partial charge on any atom is -0.351 e. The number of amides is 2. The Labute approximate surface area is 225 Å². The molecule has 2 amide bonds. The zero-order valence-electron chi connectivity index (χ0n) is 27.1. The zero-order valence-corrected chi connectivity index (χ0v) is 27.1. The highest BCUT2D eigenvalue weighted by molar-refractivity contribution is 5.78. The Bertz CT molecular complexity index is 716. The molecule has 0 rings (SSSR count). The summed E-state index contributed by atoms with van der Waals surface area (Å²) in [5.74, 6) is 0.745. The van der Waals surface area contributed by atoms with Gasteiger partial charge in [-0.2, -0.15) is 0 Å². The van der Waals surface area contributed by atoms with Gasteiger partial charge < -0.3 is 10.6 Å². The highest BCUT2D eigenvalue weighted by Gasteiger charge is 2.37. The van der Waals surface area contributed by atoms with Crippen LogP contribution in [0, 0.1) is 27.6 Å². The molecule has 214 valence electrons. The molecule has 0 saturated heterocycles. The standard InChI is InChI=1S/C32H64N2O2/c1-16-18-32(15,17-2)22-28(7,8)20-26(36)34-31(13,14)23-30(11,12)33-25(35)19-27(5,6)21-29(9,10)24(3)4/h24H,16-23H2,1-15H3,(H,33,35)(H,34,36). The summed E-state index contributed by atoms with van der Waals surface area (Å²) in [6.07, 6.45) is 7.23. The van der Waals surface area contributed by atoms with Crippen molar-refractivity contribution in [3.8, 4) is 0 Å². The summed E-state index contributed by atoms with van der Waals surface area (Å²) in [6, 6.07) is 0. The Morgan fingerprint density at radius 2 is 1.03 bits per heavy atom. The Hall–Kier alpha value is -1.06. The maximum absolute atomic E-state index is 13.1. The van der Waals surface area contributed by atoms with Crippen LogP contribution in [0.5, 0.6) is 0 Å². The quantitative estimate of drug-likeness (QED) is 0.219. The summed E-state index contributed by atoms with van der Waals surface area (Å²) in [5.41, 5.74) is -0.512. The van der Waals surface area contributed by atoms with Gasteiger partial charge in [-0.05, 0) is 81.0 Å². The van der Waals surface area contributed by atoms with Crippen LogP contribution in [0.15, 0.2) is 0 Å². The molecule has 2 N–H and O–H groups in total. The summed E-state index contributed by atoms with van der Waals surface area (Å²) in [6.45, 7) is 33.0. The first kappa shape index (κ1) is 34.9. The van der Waals surface area contributed by atoms with E-state index in [9.17, 15) is 9.59 Å². The van der Waals surface area contributed by atoms with Gasteiger partial charge in [-0.25, -0.2) is 0 Å². The van der Waals surface area contributed by atoms with Gasteiger partial charge in [0.1, 0.15) is 0 Å². The molecule has 1 unspecified atom stereocenters. The topological polar surface area (TPSA) is 58.2 Å². The Morgan fingerprint density at radius 3 is 1.36 bits per heavy atom. The van der Waals surface area contributed by atoms with E-state index in [1.807, 2.05) is 0 Å². The molecule has 0 aromatic heterocycles. The van der Waals surface area contributed by atoms with E-state index >= 15 is 0 Å². The van der Waals surface area contributed by atoms with Crippen molar-refractivity contribution in [2.75, 3.05) is 0 Å². The van der Waals surface area contributed by atoms with E-state index in [0.29, 0.717) is 25.2 Å². The van der Waals surface area contributed by atoms with Crippen molar-refractivity contribution in [1.82, 2.24) is 10.6 Å². The number of carbonyl (C=O) groups excluding carboxylic acids is 2. The Morgan fingerprint density at radius 1 is 0.639 bits per heavy atom. The van der Waals surface area contributed by atoms with Crippen molar-refractivity contribution in [3.63, 3.8) is 0 Å². The molecule has 0 aliphatic rings. The van der Waals surface area contributed by atoms with Gasteiger partial charge in [0.15, 0.2) is 0 Å². The van der Waals surface area contributed by atoms with Gasteiger partial charge in [-0.15, -0.1) is 0 Å². The first-order chi connectivity index (χ1) is 15.9. The van der Waals surface area contributed by atoms with Gasteiger partial charge in [0.25, 0.3) is 0 Å².